The van der Waals surface area contributed by atoms with Crippen molar-refractivity contribution in [2.24, 2.45) is 5.18 Å². The van der Waals surface area contributed by atoms with Crippen molar-refractivity contribution in [2.75, 3.05) is 6.54 Å². The van der Waals surface area contributed by atoms with Crippen molar-refractivity contribution in [3.63, 3.8) is 0 Å². The van der Waals surface area contributed by atoms with Crippen LogP contribution in [0.3, 0.4) is 0 Å². The molecule has 0 heterocycles. The quantitative estimate of drug-likeness (QED) is 0.630. The third-order valence-electron chi connectivity index (χ3n) is 3.08. The van der Waals surface area contributed by atoms with Gasteiger partial charge in [0.25, 0.3) is 0 Å². The molecule has 2 aromatic carbocycles. The fourth-order valence-electron chi connectivity index (χ4n) is 2.05. The highest BCUT2D eigenvalue weighted by Crippen LogP contribution is 2.19. The standard InChI is InChI=1S/C16H18N2O/c1-13-7-8-16(18-19)15(11-13)12-17-10-9-14-5-3-2-4-6-14/h2-8,11,17H,9-10,12H2,1H3. The van der Waals surface area contributed by atoms with Crippen LogP contribution in [-0.4, -0.2) is 6.54 Å². The molecular formula is C16H18N2O. The Bertz CT molecular complexity index is 538. The van der Waals surface area contributed by atoms with E-state index in [1.54, 1.807) is 6.07 Å². The van der Waals surface area contributed by atoms with Gasteiger partial charge >= 0.3 is 0 Å². The van der Waals surface area contributed by atoms with Gasteiger partial charge in [-0.05, 0) is 42.3 Å². The number of aryl methyl sites for hydroxylation is 1. The molecule has 3 nitrogen and oxygen atoms in total. The van der Waals surface area contributed by atoms with Crippen molar-refractivity contribution in [2.45, 2.75) is 19.9 Å². The van der Waals surface area contributed by atoms with E-state index in [2.05, 4.69) is 22.6 Å². The lowest BCUT2D eigenvalue weighted by Crippen LogP contribution is -2.16. The van der Waals surface area contributed by atoms with Gasteiger partial charge in [-0.1, -0.05) is 48.0 Å². The molecule has 0 unspecified atom stereocenters. The largest absolute Gasteiger partial charge is 0.312 e. The second kappa shape index (κ2) is 6.81. The number of hydrogen-bond acceptors (Lipinski definition) is 3. The molecule has 2 rings (SSSR count). The molecule has 3 heteroatoms. The van der Waals surface area contributed by atoms with Crippen LogP contribution in [0.5, 0.6) is 0 Å². The highest BCUT2D eigenvalue weighted by molar-refractivity contribution is 5.47. The maximum atomic E-state index is 10.7. The molecule has 0 saturated carbocycles. The zero-order valence-corrected chi connectivity index (χ0v) is 11.1. The van der Waals surface area contributed by atoms with Crippen molar-refractivity contribution >= 4 is 5.69 Å². The van der Waals surface area contributed by atoms with Gasteiger partial charge in [0.05, 0.1) is 0 Å². The topological polar surface area (TPSA) is 41.5 Å². The monoisotopic (exact) mass is 254 g/mol. The lowest BCUT2D eigenvalue weighted by Gasteiger charge is -2.07. The molecule has 0 spiro atoms. The fraction of sp³-hybridized carbons (Fsp3) is 0.250. The zero-order valence-electron chi connectivity index (χ0n) is 11.1. The van der Waals surface area contributed by atoms with Gasteiger partial charge in [-0.2, -0.15) is 0 Å². The van der Waals surface area contributed by atoms with E-state index in [0.29, 0.717) is 12.2 Å². The predicted molar refractivity (Wildman–Crippen MR) is 78.5 cm³/mol. The van der Waals surface area contributed by atoms with Crippen molar-refractivity contribution in [3.8, 4) is 0 Å². The summed E-state index contributed by atoms with van der Waals surface area (Å²) in [4.78, 5) is 10.7. The molecule has 98 valence electrons. The molecule has 19 heavy (non-hydrogen) atoms. The Morgan fingerprint density at radius 2 is 1.89 bits per heavy atom. The number of nitroso groups, excluding NO2 is 1. The predicted octanol–water partition coefficient (Wildman–Crippen LogP) is 3.73. The summed E-state index contributed by atoms with van der Waals surface area (Å²) in [7, 11) is 0. The summed E-state index contributed by atoms with van der Waals surface area (Å²) < 4.78 is 0. The molecular weight excluding hydrogens is 236 g/mol. The Labute approximate surface area is 113 Å². The van der Waals surface area contributed by atoms with Crippen LogP contribution in [-0.2, 0) is 13.0 Å². The average molecular weight is 254 g/mol. The van der Waals surface area contributed by atoms with Crippen molar-refractivity contribution in [3.05, 3.63) is 70.1 Å². The first-order valence-electron chi connectivity index (χ1n) is 6.47. The summed E-state index contributed by atoms with van der Waals surface area (Å²) in [6, 6.07) is 16.0. The Balaban J connectivity index is 1.86. The van der Waals surface area contributed by atoms with Crippen molar-refractivity contribution in [1.82, 2.24) is 5.32 Å². The maximum Gasteiger partial charge on any atom is 0.112 e. The van der Waals surface area contributed by atoms with Gasteiger partial charge in [0.1, 0.15) is 5.69 Å². The van der Waals surface area contributed by atoms with E-state index in [9.17, 15) is 4.91 Å². The van der Waals surface area contributed by atoms with Crippen LogP contribution in [0, 0.1) is 11.8 Å². The van der Waals surface area contributed by atoms with E-state index < -0.39 is 0 Å². The first kappa shape index (κ1) is 13.4. The number of nitrogens with one attached hydrogen (secondary N) is 1. The number of nitrogens with zero attached hydrogens (tertiary/aromatic N) is 1. The van der Waals surface area contributed by atoms with E-state index in [0.717, 1.165) is 24.1 Å². The number of hydrogen-bond donors (Lipinski definition) is 1. The van der Waals surface area contributed by atoms with Crippen LogP contribution < -0.4 is 5.32 Å². The minimum Gasteiger partial charge on any atom is -0.312 e. The van der Waals surface area contributed by atoms with Gasteiger partial charge in [0, 0.05) is 6.54 Å². The summed E-state index contributed by atoms with van der Waals surface area (Å²) in [5.41, 5.74) is 3.95. The SMILES string of the molecule is Cc1ccc(N=O)c(CNCCc2ccccc2)c1. The van der Waals surface area contributed by atoms with E-state index in [1.807, 2.05) is 37.3 Å². The number of benzene rings is 2. The molecule has 0 atom stereocenters. The molecule has 0 bridgehead atoms. The van der Waals surface area contributed by atoms with Gasteiger partial charge in [-0.3, -0.25) is 0 Å². The Kier molecular flexibility index (Phi) is 4.81. The fourth-order valence-corrected chi connectivity index (χ4v) is 2.05. The van der Waals surface area contributed by atoms with Crippen molar-refractivity contribution < 1.29 is 0 Å². The summed E-state index contributed by atoms with van der Waals surface area (Å²) in [5, 5.41) is 6.41. The van der Waals surface area contributed by atoms with Gasteiger partial charge < -0.3 is 5.32 Å². The first-order valence-corrected chi connectivity index (χ1v) is 6.47. The molecule has 2 aromatic rings. The first-order chi connectivity index (χ1) is 9.29. The molecule has 0 radical (unpaired) electrons. The Morgan fingerprint density at radius 3 is 2.63 bits per heavy atom. The normalized spacial score (nSPS) is 10.4. The third-order valence-corrected chi connectivity index (χ3v) is 3.08. The molecule has 0 aliphatic rings. The summed E-state index contributed by atoms with van der Waals surface area (Å²) in [6.07, 6.45) is 0.983. The summed E-state index contributed by atoms with van der Waals surface area (Å²) in [6.45, 7) is 3.58. The lowest BCUT2D eigenvalue weighted by molar-refractivity contribution is 0.687. The summed E-state index contributed by atoms with van der Waals surface area (Å²) in [5.74, 6) is 0. The second-order valence-corrected chi connectivity index (χ2v) is 4.64. The highest BCUT2D eigenvalue weighted by atomic mass is 16.3. The average Bonchev–Trinajstić information content (AvgIpc) is 2.45. The van der Waals surface area contributed by atoms with Crippen molar-refractivity contribution in [1.29, 1.82) is 0 Å². The van der Waals surface area contributed by atoms with Crippen LogP contribution in [0.4, 0.5) is 5.69 Å². The van der Waals surface area contributed by atoms with Gasteiger partial charge in [-0.25, -0.2) is 0 Å². The van der Waals surface area contributed by atoms with Gasteiger partial charge in [0.15, 0.2) is 0 Å². The minimum absolute atomic E-state index is 0.526. The highest BCUT2D eigenvalue weighted by Gasteiger charge is 2.02. The summed E-state index contributed by atoms with van der Waals surface area (Å²) >= 11 is 0. The van der Waals surface area contributed by atoms with Gasteiger partial charge in [-0.15, -0.1) is 4.91 Å². The smallest absolute Gasteiger partial charge is 0.112 e. The molecule has 0 saturated heterocycles. The van der Waals surface area contributed by atoms with Gasteiger partial charge in [0.2, 0.25) is 0 Å². The van der Waals surface area contributed by atoms with E-state index in [4.69, 9.17) is 0 Å². The molecule has 0 aromatic heterocycles. The van der Waals surface area contributed by atoms with Crippen LogP contribution in [0.15, 0.2) is 53.7 Å². The molecule has 1 N–H and O–H groups in total. The maximum absolute atomic E-state index is 10.7. The molecule has 0 amide bonds. The van der Waals surface area contributed by atoms with Crippen LogP contribution >= 0.6 is 0 Å². The van der Waals surface area contributed by atoms with E-state index in [1.165, 1.54) is 5.56 Å². The van der Waals surface area contributed by atoms with E-state index in [-0.39, 0.29) is 0 Å². The Morgan fingerprint density at radius 1 is 1.11 bits per heavy atom. The molecule has 0 aliphatic carbocycles. The zero-order chi connectivity index (χ0) is 13.5. The third kappa shape index (κ3) is 4.00. The Hall–Kier alpha value is -2.00. The molecule has 0 fully saturated rings. The second-order valence-electron chi connectivity index (χ2n) is 4.64. The van der Waals surface area contributed by atoms with Crippen LogP contribution in [0.2, 0.25) is 0 Å². The molecule has 0 aliphatic heterocycles. The van der Waals surface area contributed by atoms with E-state index >= 15 is 0 Å². The van der Waals surface area contributed by atoms with Crippen LogP contribution in [0.25, 0.3) is 0 Å². The van der Waals surface area contributed by atoms with Crippen LogP contribution in [0.1, 0.15) is 16.7 Å². The lowest BCUT2D eigenvalue weighted by atomic mass is 10.1. The number of rotatable bonds is 6. The minimum atomic E-state index is 0.526.